The van der Waals surface area contributed by atoms with E-state index in [0.717, 1.165) is 6.07 Å². The van der Waals surface area contributed by atoms with Crippen LogP contribution in [0.4, 0.5) is 17.6 Å². The number of aromatic amines is 1. The van der Waals surface area contributed by atoms with Crippen LogP contribution in [0.15, 0.2) is 23.0 Å². The summed E-state index contributed by atoms with van der Waals surface area (Å²) in [6.07, 6.45) is -4.86. The van der Waals surface area contributed by atoms with Crippen LogP contribution < -0.4 is 5.56 Å². The number of H-pyrrole nitrogens is 1. The fourth-order valence-corrected chi connectivity index (χ4v) is 2.19. The number of nitrogens with zero attached hydrogens (tertiary/aromatic N) is 1. The van der Waals surface area contributed by atoms with E-state index >= 15 is 0 Å². The molecule has 1 N–H and O–H groups in total. The average molecular weight is 331 g/mol. The predicted octanol–water partition coefficient (Wildman–Crippen LogP) is 4.03. The minimum atomic E-state index is -4.86. The van der Waals surface area contributed by atoms with Gasteiger partial charge in [0.2, 0.25) is 0 Å². The minimum Gasteiger partial charge on any atom is -0.325 e. The number of aromatic nitrogens is 1. The molecule has 0 radical (unpaired) electrons. The van der Waals surface area contributed by atoms with Crippen molar-refractivity contribution in [2.24, 2.45) is 0 Å². The Bertz CT molecular complexity index is 850. The van der Waals surface area contributed by atoms with E-state index in [4.69, 9.17) is 16.9 Å². The summed E-state index contributed by atoms with van der Waals surface area (Å²) in [5.41, 5.74) is -2.56. The van der Waals surface area contributed by atoms with Crippen LogP contribution >= 0.6 is 11.6 Å². The topological polar surface area (TPSA) is 56.6 Å². The van der Waals surface area contributed by atoms with Gasteiger partial charge < -0.3 is 4.98 Å². The number of halogens is 5. The second kappa shape index (κ2) is 5.46. The van der Waals surface area contributed by atoms with Crippen molar-refractivity contribution in [3.63, 3.8) is 0 Å². The summed E-state index contributed by atoms with van der Waals surface area (Å²) in [7, 11) is 0. The molecule has 0 bridgehead atoms. The van der Waals surface area contributed by atoms with Crippen molar-refractivity contribution in [1.29, 1.82) is 5.26 Å². The highest BCUT2D eigenvalue weighted by molar-refractivity contribution is 6.31. The first-order chi connectivity index (χ1) is 10.1. The molecule has 0 saturated carbocycles. The predicted molar refractivity (Wildman–Crippen MR) is 71.9 cm³/mol. The molecule has 0 aliphatic heterocycles. The number of alkyl halides is 3. The van der Waals surface area contributed by atoms with Crippen LogP contribution in [0.25, 0.3) is 11.1 Å². The summed E-state index contributed by atoms with van der Waals surface area (Å²) in [5, 5.41) is 7.93. The van der Waals surface area contributed by atoms with Gasteiger partial charge in [-0.25, -0.2) is 4.39 Å². The van der Waals surface area contributed by atoms with Gasteiger partial charge in [-0.2, -0.15) is 18.4 Å². The lowest BCUT2D eigenvalue weighted by Crippen LogP contribution is -2.13. The van der Waals surface area contributed by atoms with Crippen LogP contribution in [0, 0.1) is 24.1 Å². The van der Waals surface area contributed by atoms with Gasteiger partial charge in [0.1, 0.15) is 17.4 Å². The van der Waals surface area contributed by atoms with Crippen LogP contribution in [0.2, 0.25) is 5.02 Å². The van der Waals surface area contributed by atoms with Gasteiger partial charge in [-0.15, -0.1) is 0 Å². The summed E-state index contributed by atoms with van der Waals surface area (Å²) in [6.45, 7) is 1.49. The van der Waals surface area contributed by atoms with Crippen molar-refractivity contribution < 1.29 is 17.6 Å². The molecule has 0 amide bonds. The number of benzene rings is 1. The van der Waals surface area contributed by atoms with Gasteiger partial charge in [-0.1, -0.05) is 11.6 Å². The van der Waals surface area contributed by atoms with Crippen molar-refractivity contribution in [2.75, 3.05) is 0 Å². The third-order valence-electron chi connectivity index (χ3n) is 2.92. The lowest BCUT2D eigenvalue weighted by atomic mass is 9.98. The summed E-state index contributed by atoms with van der Waals surface area (Å²) in [4.78, 5) is 14.0. The zero-order valence-electron chi connectivity index (χ0n) is 11.0. The van der Waals surface area contributed by atoms with E-state index in [2.05, 4.69) is 4.98 Å². The molecule has 2 aromatic rings. The molecule has 2 rings (SSSR count). The van der Waals surface area contributed by atoms with E-state index in [0.29, 0.717) is 11.8 Å². The van der Waals surface area contributed by atoms with E-state index < -0.39 is 33.7 Å². The number of hydrogen-bond donors (Lipinski definition) is 1. The Morgan fingerprint density at radius 1 is 1.27 bits per heavy atom. The molecule has 0 aliphatic rings. The molecule has 0 aliphatic carbocycles. The van der Waals surface area contributed by atoms with E-state index in [1.165, 1.54) is 13.0 Å². The zero-order chi connectivity index (χ0) is 16.7. The second-order valence-corrected chi connectivity index (χ2v) is 4.88. The van der Waals surface area contributed by atoms with Gasteiger partial charge in [0.15, 0.2) is 0 Å². The van der Waals surface area contributed by atoms with Gasteiger partial charge in [-0.3, -0.25) is 4.79 Å². The Labute approximate surface area is 126 Å². The summed E-state index contributed by atoms with van der Waals surface area (Å²) >= 11 is 5.35. The smallest absolute Gasteiger partial charge is 0.325 e. The van der Waals surface area contributed by atoms with Crippen molar-refractivity contribution in [1.82, 2.24) is 4.98 Å². The fourth-order valence-electron chi connectivity index (χ4n) is 1.98. The number of pyridine rings is 1. The van der Waals surface area contributed by atoms with Crippen molar-refractivity contribution in [2.45, 2.75) is 13.1 Å². The van der Waals surface area contributed by atoms with E-state index in [-0.39, 0.29) is 11.1 Å². The van der Waals surface area contributed by atoms with Crippen LogP contribution in [-0.2, 0) is 6.18 Å². The Morgan fingerprint density at radius 2 is 1.91 bits per heavy atom. The maximum atomic E-state index is 13.7. The first kappa shape index (κ1) is 16.0. The van der Waals surface area contributed by atoms with Crippen molar-refractivity contribution in [3.8, 4) is 17.2 Å². The Kier molecular flexibility index (Phi) is 3.98. The van der Waals surface area contributed by atoms with Crippen LogP contribution in [-0.4, -0.2) is 4.98 Å². The van der Waals surface area contributed by atoms with E-state index in [1.54, 1.807) is 6.07 Å². The number of nitrogens with one attached hydrogen (secondary N) is 1. The molecule has 3 nitrogen and oxygen atoms in total. The molecule has 0 saturated heterocycles. The summed E-state index contributed by atoms with van der Waals surface area (Å²) < 4.78 is 52.3. The lowest BCUT2D eigenvalue weighted by molar-refractivity contribution is -0.137. The normalized spacial score (nSPS) is 11.3. The van der Waals surface area contributed by atoms with E-state index in [9.17, 15) is 22.4 Å². The Morgan fingerprint density at radius 3 is 2.45 bits per heavy atom. The van der Waals surface area contributed by atoms with Crippen molar-refractivity contribution >= 4 is 11.6 Å². The van der Waals surface area contributed by atoms with Gasteiger partial charge >= 0.3 is 6.18 Å². The maximum Gasteiger partial charge on any atom is 0.417 e. The van der Waals surface area contributed by atoms with Gasteiger partial charge in [0.25, 0.3) is 5.56 Å². The minimum absolute atomic E-state index is 0.0928. The van der Waals surface area contributed by atoms with Crippen molar-refractivity contribution in [3.05, 3.63) is 56.2 Å². The highest BCUT2D eigenvalue weighted by Crippen LogP contribution is 2.39. The molecular weight excluding hydrogens is 324 g/mol. The Hall–Kier alpha value is -2.33. The quantitative estimate of drug-likeness (QED) is 0.802. The molecule has 0 fully saturated rings. The molecule has 8 heteroatoms. The monoisotopic (exact) mass is 330 g/mol. The first-order valence-corrected chi connectivity index (χ1v) is 6.23. The standard InChI is InChI=1S/C14H7ClF4N2O/c1-6-2-8(9(5-20)13(22)21-6)7-3-10(14(17,18)19)12(15)11(16)4-7/h2-4H,1H3,(H,21,22). The molecule has 0 unspecified atom stereocenters. The molecule has 1 aromatic carbocycles. The van der Waals surface area contributed by atoms with Gasteiger partial charge in [0, 0.05) is 11.3 Å². The third kappa shape index (κ3) is 2.83. The molecule has 22 heavy (non-hydrogen) atoms. The molecule has 0 spiro atoms. The number of rotatable bonds is 1. The SMILES string of the molecule is Cc1cc(-c2cc(F)c(Cl)c(C(F)(F)F)c2)c(C#N)c(=O)[nH]1. The zero-order valence-corrected chi connectivity index (χ0v) is 11.7. The summed E-state index contributed by atoms with van der Waals surface area (Å²) in [6, 6.07) is 4.26. The third-order valence-corrected chi connectivity index (χ3v) is 3.31. The maximum absolute atomic E-state index is 13.7. The van der Waals surface area contributed by atoms with Gasteiger partial charge in [-0.05, 0) is 30.7 Å². The Balaban J connectivity index is 2.83. The average Bonchev–Trinajstić information content (AvgIpc) is 2.39. The second-order valence-electron chi connectivity index (χ2n) is 4.50. The lowest BCUT2D eigenvalue weighted by Gasteiger charge is -2.13. The summed E-state index contributed by atoms with van der Waals surface area (Å²) in [5.74, 6) is -1.28. The van der Waals surface area contributed by atoms with Crippen LogP contribution in [0.1, 0.15) is 16.8 Å². The molecule has 0 atom stereocenters. The number of nitriles is 1. The molecule has 1 aromatic heterocycles. The molecule has 114 valence electrons. The molecular formula is C14H7ClF4N2O. The number of aryl methyl sites for hydroxylation is 1. The largest absolute Gasteiger partial charge is 0.417 e. The highest BCUT2D eigenvalue weighted by atomic mass is 35.5. The van der Waals surface area contributed by atoms with Gasteiger partial charge in [0.05, 0.1) is 10.6 Å². The molecule has 1 heterocycles. The fraction of sp³-hybridized carbons (Fsp3) is 0.143. The number of hydrogen-bond acceptors (Lipinski definition) is 2. The van der Waals surface area contributed by atoms with Crippen LogP contribution in [0.3, 0.4) is 0 Å². The highest BCUT2D eigenvalue weighted by Gasteiger charge is 2.35. The van der Waals surface area contributed by atoms with E-state index in [1.807, 2.05) is 0 Å². The van der Waals surface area contributed by atoms with Crippen LogP contribution in [0.5, 0.6) is 0 Å². The first-order valence-electron chi connectivity index (χ1n) is 5.85.